The predicted molar refractivity (Wildman–Crippen MR) is 267 cm³/mol. The highest BCUT2D eigenvalue weighted by Crippen LogP contribution is 2.22. The second-order valence-electron chi connectivity index (χ2n) is 18.4. The van der Waals surface area contributed by atoms with Crippen molar-refractivity contribution in [1.82, 2.24) is 42.1 Å². The Hall–Kier alpha value is -8.44. The van der Waals surface area contributed by atoms with Crippen LogP contribution in [0, 0.1) is 0 Å². The summed E-state index contributed by atoms with van der Waals surface area (Å²) in [5, 5.41) is 66.6. The Morgan fingerprint density at radius 1 is 0.571 bits per heavy atom. The number of benzene rings is 2. The third-order valence-corrected chi connectivity index (χ3v) is 12.1. The molecule has 0 bridgehead atoms. The maximum absolute atomic E-state index is 14.6. The fourth-order valence-corrected chi connectivity index (χ4v) is 7.83. The van der Waals surface area contributed by atoms with E-state index in [-0.39, 0.29) is 63.0 Å². The molecule has 29 nitrogen and oxygen atoms in total. The predicted octanol–water partition coefficient (Wildman–Crippen LogP) is -6.13. The van der Waals surface area contributed by atoms with Gasteiger partial charge in [0.2, 0.25) is 65.0 Å². The van der Waals surface area contributed by atoms with Gasteiger partial charge in [-0.25, -0.2) is 4.79 Å². The van der Waals surface area contributed by atoms with Gasteiger partial charge in [0.15, 0.2) is 6.04 Å². The highest BCUT2D eigenvalue weighted by molar-refractivity contribution is 5.98. The molecule has 0 radical (unpaired) electrons. The molecule has 11 amide bonds. The van der Waals surface area contributed by atoms with Crippen molar-refractivity contribution in [3.05, 3.63) is 59.7 Å². The highest BCUT2D eigenvalue weighted by Gasteiger charge is 2.41. The number of phenols is 2. The van der Waals surface area contributed by atoms with Crippen LogP contribution >= 0.6 is 0 Å². The Kier molecular flexibility index (Phi) is 24.6. The number of hydrogen-bond donors (Lipinski definition) is 16. The van der Waals surface area contributed by atoms with Crippen molar-refractivity contribution in [2.45, 2.75) is 139 Å². The summed E-state index contributed by atoms with van der Waals surface area (Å²) in [6.07, 6.45) is -5.66. The number of hydrogen-bond acceptors (Lipinski definition) is 17. The molecule has 29 heteroatoms. The van der Waals surface area contributed by atoms with Gasteiger partial charge in [0, 0.05) is 38.6 Å². The first-order chi connectivity index (χ1) is 36.2. The molecule has 3 rings (SSSR count). The molecular weight excluding hydrogens is 1020 g/mol. The van der Waals surface area contributed by atoms with E-state index in [1.54, 1.807) is 0 Å². The van der Waals surface area contributed by atoms with Crippen LogP contribution in [0.15, 0.2) is 48.5 Å². The van der Waals surface area contributed by atoms with Crippen LogP contribution in [0.3, 0.4) is 0 Å². The molecule has 1 heterocycles. The van der Waals surface area contributed by atoms with Gasteiger partial charge in [-0.05, 0) is 81.3 Å². The van der Waals surface area contributed by atoms with Gasteiger partial charge in [0.1, 0.15) is 47.8 Å². The Morgan fingerprint density at radius 2 is 1.03 bits per heavy atom. The summed E-state index contributed by atoms with van der Waals surface area (Å²) in [4.78, 5) is 157. The zero-order chi connectivity index (χ0) is 57.7. The van der Waals surface area contributed by atoms with Crippen LogP contribution in [-0.4, -0.2) is 175 Å². The molecule has 1 aliphatic heterocycles. The number of amides is 11. The summed E-state index contributed by atoms with van der Waals surface area (Å²) < 4.78 is 0. The van der Waals surface area contributed by atoms with Crippen molar-refractivity contribution < 1.29 is 83.1 Å². The quantitative estimate of drug-likeness (QED) is 0.0334. The number of carbonyl (C=O) groups excluding carboxylic acids is 11. The summed E-state index contributed by atoms with van der Waals surface area (Å²) in [6, 6.07) is -1.42. The Morgan fingerprint density at radius 3 is 1.52 bits per heavy atom. The lowest BCUT2D eigenvalue weighted by Crippen LogP contribution is -2.61. The minimum atomic E-state index is -1.89. The lowest BCUT2D eigenvalue weighted by atomic mass is 10.0. The smallest absolute Gasteiger partial charge is 0.328 e. The number of aliphatic hydroxyl groups is 2. The number of nitrogens with zero attached hydrogens (tertiary/aromatic N) is 1. The number of aliphatic carboxylic acids is 1. The molecule has 20 N–H and O–H groups in total. The van der Waals surface area contributed by atoms with Crippen molar-refractivity contribution in [3.63, 3.8) is 0 Å². The standard InChI is InChI=1S/C48H68N12O17/c1-23(61)39(58-43(71)31(15-18-37(52)67)54-38(68)22-53-42(70)30(14-17-36(51)66)55-41(69)29(49)13-16-35(50)65)46(74)57-33(21-26-7-11-28(64)12-8-26)47(75)60-19-3-4-34(60)45(73)56-32(20-25-5-9-27(63)10-6-25)44(72)59-40(24(2)62)48(76)77/h5-12,23-24,29-34,39-40,61-64H,3-4,13-22,49H2,1-2H3,(H2,50,65)(H2,51,66)(H2,52,67)(H,53,70)(H,54,68)(H,55,69)(H,56,73)(H,57,74)(H,58,71)(H,59,72)(H,76,77)/t23-,24-,29+,30+,31+,32+,33+,34+,39+,40+/m1/s1. The second-order valence-corrected chi connectivity index (χ2v) is 18.4. The number of carbonyl (C=O) groups is 12. The van der Waals surface area contributed by atoms with Crippen LogP contribution in [0.1, 0.15) is 76.3 Å². The van der Waals surface area contributed by atoms with Crippen molar-refractivity contribution in [2.75, 3.05) is 13.1 Å². The topological polar surface area (TPSA) is 498 Å². The molecule has 0 saturated carbocycles. The molecule has 1 fully saturated rings. The van der Waals surface area contributed by atoms with Crippen molar-refractivity contribution in [3.8, 4) is 11.5 Å². The van der Waals surface area contributed by atoms with E-state index in [0.29, 0.717) is 11.1 Å². The van der Waals surface area contributed by atoms with Crippen LogP contribution in [-0.2, 0) is 70.4 Å². The monoisotopic (exact) mass is 1080 g/mol. The lowest BCUT2D eigenvalue weighted by molar-refractivity contribution is -0.145. The fourth-order valence-electron chi connectivity index (χ4n) is 7.83. The van der Waals surface area contributed by atoms with E-state index in [9.17, 15) is 83.1 Å². The number of rotatable bonds is 31. The first kappa shape index (κ1) is 62.9. The summed E-state index contributed by atoms with van der Waals surface area (Å²) in [5.74, 6) is -12.3. The van der Waals surface area contributed by atoms with Crippen LogP contribution < -0.4 is 60.2 Å². The number of likely N-dealkylation sites (tertiary alicyclic amines) is 1. The van der Waals surface area contributed by atoms with E-state index in [0.717, 1.165) is 18.7 Å². The second kappa shape index (κ2) is 30.2. The van der Waals surface area contributed by atoms with E-state index in [1.807, 2.05) is 0 Å². The van der Waals surface area contributed by atoms with Gasteiger partial charge in [-0.15, -0.1) is 0 Å². The van der Waals surface area contributed by atoms with Gasteiger partial charge in [-0.2, -0.15) is 0 Å². The summed E-state index contributed by atoms with van der Waals surface area (Å²) >= 11 is 0. The number of aliphatic hydroxyl groups excluding tert-OH is 2. The highest BCUT2D eigenvalue weighted by atomic mass is 16.4. The molecule has 0 aromatic heterocycles. The van der Waals surface area contributed by atoms with Crippen molar-refractivity contribution >= 4 is 70.9 Å². The SMILES string of the molecule is C[C@@H](O)[C@H](NC(=O)[C@H](Cc1ccc(O)cc1)NC(=O)[C@@H]1CCCN1C(=O)[C@H](Cc1ccc(O)cc1)NC(=O)[C@@H](NC(=O)[C@H](CCC(N)=O)NC(=O)CNC(=O)[C@H](CCC(N)=O)NC(=O)[C@@H](N)CCC(N)=O)[C@@H](C)O)C(=O)O. The average molecular weight is 1090 g/mol. The average Bonchev–Trinajstić information content (AvgIpc) is 3.86. The third kappa shape index (κ3) is 21.0. The Labute approximate surface area is 440 Å². The van der Waals surface area contributed by atoms with Gasteiger partial charge in [-0.3, -0.25) is 52.7 Å². The molecule has 77 heavy (non-hydrogen) atoms. The molecule has 0 spiro atoms. The van der Waals surface area contributed by atoms with Gasteiger partial charge < -0.3 is 90.6 Å². The number of nitrogens with one attached hydrogen (secondary N) is 7. The van der Waals surface area contributed by atoms with Crippen LogP contribution in [0.25, 0.3) is 0 Å². The number of primary amides is 3. The molecule has 2 aromatic rings. The first-order valence-corrected chi connectivity index (χ1v) is 24.3. The summed E-state index contributed by atoms with van der Waals surface area (Å²) in [6.45, 7) is 1.32. The van der Waals surface area contributed by atoms with E-state index in [2.05, 4.69) is 37.2 Å². The third-order valence-electron chi connectivity index (χ3n) is 12.1. The van der Waals surface area contributed by atoms with Gasteiger partial charge in [0.25, 0.3) is 0 Å². The van der Waals surface area contributed by atoms with Crippen LogP contribution in [0.4, 0.5) is 0 Å². The van der Waals surface area contributed by atoms with E-state index < -0.39 is 157 Å². The Balaban J connectivity index is 1.86. The maximum Gasteiger partial charge on any atom is 0.328 e. The first-order valence-electron chi connectivity index (χ1n) is 24.3. The molecule has 10 atom stereocenters. The minimum absolute atomic E-state index is 0.0473. The van der Waals surface area contributed by atoms with Gasteiger partial charge in [-0.1, -0.05) is 24.3 Å². The normalized spacial score (nSPS) is 16.5. The Bertz CT molecular complexity index is 2460. The van der Waals surface area contributed by atoms with Gasteiger partial charge >= 0.3 is 5.97 Å². The lowest BCUT2D eigenvalue weighted by Gasteiger charge is -2.31. The fraction of sp³-hybridized carbons (Fsp3) is 0.500. The number of aromatic hydroxyl groups is 2. The summed E-state index contributed by atoms with van der Waals surface area (Å²) in [5.41, 5.74) is 22.2. The molecular formula is C48H68N12O17. The number of carboxylic acid groups (broad SMARTS) is 1. The number of carboxylic acids is 1. The minimum Gasteiger partial charge on any atom is -0.508 e. The number of nitrogens with two attached hydrogens (primary N) is 4. The van der Waals surface area contributed by atoms with Gasteiger partial charge in [0.05, 0.1) is 24.8 Å². The van der Waals surface area contributed by atoms with Crippen LogP contribution in [0.5, 0.6) is 11.5 Å². The van der Waals surface area contributed by atoms with Crippen molar-refractivity contribution in [1.29, 1.82) is 0 Å². The molecule has 0 aliphatic carbocycles. The summed E-state index contributed by atoms with van der Waals surface area (Å²) in [7, 11) is 0. The molecule has 422 valence electrons. The van der Waals surface area contributed by atoms with Crippen LogP contribution in [0.2, 0.25) is 0 Å². The molecule has 1 saturated heterocycles. The van der Waals surface area contributed by atoms with E-state index in [4.69, 9.17) is 22.9 Å². The zero-order valence-electron chi connectivity index (χ0n) is 42.3. The van der Waals surface area contributed by atoms with E-state index in [1.165, 1.54) is 48.5 Å². The largest absolute Gasteiger partial charge is 0.508 e. The zero-order valence-corrected chi connectivity index (χ0v) is 42.3. The molecule has 0 unspecified atom stereocenters. The maximum atomic E-state index is 14.6. The number of phenolic OH excluding ortho intramolecular Hbond substituents is 2. The van der Waals surface area contributed by atoms with Crippen molar-refractivity contribution in [2.24, 2.45) is 22.9 Å². The molecule has 1 aliphatic rings. The van der Waals surface area contributed by atoms with E-state index >= 15 is 0 Å². The molecule has 2 aromatic carbocycles.